The van der Waals surface area contributed by atoms with Crippen molar-refractivity contribution in [1.29, 1.82) is 0 Å². The van der Waals surface area contributed by atoms with Crippen molar-refractivity contribution in [2.75, 3.05) is 25.5 Å². The number of hydrogen-bond donors (Lipinski definition) is 2. The Balaban J connectivity index is 1.52. The van der Waals surface area contributed by atoms with E-state index in [1.165, 1.54) is 23.9 Å². The van der Waals surface area contributed by atoms with Crippen molar-refractivity contribution in [2.24, 2.45) is 0 Å². The standard InChI is InChI=1S/C21H21ClN4O5/c1-29-18-10-17(24-20(27)30-12-13-5-3-2-4-6-13)16(22)9-15(18)19-25-26(21(28)31-19)14-7-8-23-11-14/h2-6,9-10,14,23H,7-8,11-12H2,1H3,(H,24,27). The zero-order valence-corrected chi connectivity index (χ0v) is 17.5. The minimum atomic E-state index is -0.662. The minimum absolute atomic E-state index is 0.0632. The smallest absolute Gasteiger partial charge is 0.437 e. The topological polar surface area (TPSA) is 108 Å². The van der Waals surface area contributed by atoms with E-state index in [1.54, 1.807) is 0 Å². The molecule has 0 aliphatic carbocycles. The van der Waals surface area contributed by atoms with Gasteiger partial charge in [0.2, 0.25) is 0 Å². The maximum Gasteiger partial charge on any atom is 0.437 e. The highest BCUT2D eigenvalue weighted by Gasteiger charge is 2.24. The van der Waals surface area contributed by atoms with Crippen LogP contribution >= 0.6 is 11.6 Å². The highest BCUT2D eigenvalue weighted by atomic mass is 35.5. The Morgan fingerprint density at radius 3 is 2.87 bits per heavy atom. The van der Waals surface area contributed by atoms with Gasteiger partial charge in [0.15, 0.2) is 0 Å². The van der Waals surface area contributed by atoms with E-state index in [0.717, 1.165) is 18.5 Å². The molecule has 1 saturated heterocycles. The van der Waals surface area contributed by atoms with Gasteiger partial charge in [-0.1, -0.05) is 41.9 Å². The molecule has 162 valence electrons. The summed E-state index contributed by atoms with van der Waals surface area (Å²) in [6.45, 7) is 1.59. The Morgan fingerprint density at radius 1 is 1.35 bits per heavy atom. The van der Waals surface area contributed by atoms with Gasteiger partial charge in [-0.05, 0) is 24.6 Å². The van der Waals surface area contributed by atoms with Crippen LogP contribution in [0.15, 0.2) is 51.7 Å². The molecule has 1 aliphatic rings. The van der Waals surface area contributed by atoms with Crippen LogP contribution in [0, 0.1) is 0 Å². The van der Waals surface area contributed by atoms with Crippen LogP contribution in [0.1, 0.15) is 18.0 Å². The second-order valence-corrected chi connectivity index (χ2v) is 7.39. The largest absolute Gasteiger partial charge is 0.496 e. The number of hydrogen-bond acceptors (Lipinski definition) is 7. The second kappa shape index (κ2) is 9.23. The number of ether oxygens (including phenoxy) is 2. The van der Waals surface area contributed by atoms with E-state index in [1.807, 2.05) is 30.3 Å². The van der Waals surface area contributed by atoms with E-state index < -0.39 is 11.8 Å². The third-order valence-electron chi connectivity index (χ3n) is 4.92. The monoisotopic (exact) mass is 444 g/mol. The number of carbonyl (C=O) groups excluding carboxylic acids is 1. The third kappa shape index (κ3) is 4.73. The number of rotatable bonds is 6. The number of methoxy groups -OCH3 is 1. The first-order valence-corrected chi connectivity index (χ1v) is 10.1. The predicted octanol–water partition coefficient (Wildman–Crippen LogP) is 3.45. The molecule has 0 radical (unpaired) electrons. The van der Waals surface area contributed by atoms with Gasteiger partial charge in [-0.2, -0.15) is 4.68 Å². The van der Waals surface area contributed by atoms with Gasteiger partial charge in [0.1, 0.15) is 12.4 Å². The van der Waals surface area contributed by atoms with Gasteiger partial charge in [0.05, 0.1) is 29.4 Å². The number of amides is 1. The van der Waals surface area contributed by atoms with Crippen molar-refractivity contribution in [3.63, 3.8) is 0 Å². The van der Waals surface area contributed by atoms with Crippen LogP contribution < -0.4 is 21.1 Å². The molecule has 31 heavy (non-hydrogen) atoms. The van der Waals surface area contributed by atoms with Crippen LogP contribution in [0.3, 0.4) is 0 Å². The molecule has 1 unspecified atom stereocenters. The molecule has 0 saturated carbocycles. The quantitative estimate of drug-likeness (QED) is 0.599. The van der Waals surface area contributed by atoms with Gasteiger partial charge in [0.25, 0.3) is 5.89 Å². The lowest BCUT2D eigenvalue weighted by Gasteiger charge is -2.12. The molecule has 2 N–H and O–H groups in total. The zero-order chi connectivity index (χ0) is 21.8. The Labute approximate surface area is 182 Å². The van der Waals surface area contributed by atoms with E-state index in [0.29, 0.717) is 23.5 Å². The molecule has 1 fully saturated rings. The summed E-state index contributed by atoms with van der Waals surface area (Å²) in [6.07, 6.45) is 0.127. The van der Waals surface area contributed by atoms with Gasteiger partial charge in [-0.3, -0.25) is 5.32 Å². The first-order valence-electron chi connectivity index (χ1n) is 9.71. The molecule has 1 atom stereocenters. The zero-order valence-electron chi connectivity index (χ0n) is 16.8. The first kappa shape index (κ1) is 21.0. The summed E-state index contributed by atoms with van der Waals surface area (Å²) in [7, 11) is 1.46. The lowest BCUT2D eigenvalue weighted by atomic mass is 10.1. The molecule has 2 aromatic carbocycles. The summed E-state index contributed by atoms with van der Waals surface area (Å²) in [4.78, 5) is 24.4. The van der Waals surface area contributed by atoms with Gasteiger partial charge in [0, 0.05) is 12.6 Å². The van der Waals surface area contributed by atoms with Gasteiger partial charge in [-0.15, -0.1) is 5.10 Å². The van der Waals surface area contributed by atoms with Crippen molar-refractivity contribution < 1.29 is 18.7 Å². The number of carbonyl (C=O) groups is 1. The van der Waals surface area contributed by atoms with Crippen molar-refractivity contribution in [2.45, 2.75) is 19.1 Å². The summed E-state index contributed by atoms with van der Waals surface area (Å²) >= 11 is 6.35. The van der Waals surface area contributed by atoms with Crippen LogP contribution in [0.4, 0.5) is 10.5 Å². The van der Waals surface area contributed by atoms with Crippen molar-refractivity contribution in [1.82, 2.24) is 15.1 Å². The molecule has 2 heterocycles. The highest BCUT2D eigenvalue weighted by Crippen LogP contribution is 2.36. The fraction of sp³-hybridized carbons (Fsp3) is 0.286. The summed E-state index contributed by atoms with van der Waals surface area (Å²) in [5.74, 6) is -0.122. The van der Waals surface area contributed by atoms with Crippen LogP contribution in [0.25, 0.3) is 11.5 Å². The maximum atomic E-state index is 12.2. The molecular weight excluding hydrogens is 424 g/mol. The Bertz CT molecular complexity index is 1120. The van der Waals surface area contributed by atoms with Crippen molar-refractivity contribution in [3.05, 3.63) is 63.6 Å². The molecular formula is C21H21ClN4O5. The van der Waals surface area contributed by atoms with Crippen LogP contribution in [0.5, 0.6) is 5.75 Å². The van der Waals surface area contributed by atoms with Gasteiger partial charge in [-0.25, -0.2) is 9.59 Å². The van der Waals surface area contributed by atoms with Crippen LogP contribution in [-0.2, 0) is 11.3 Å². The minimum Gasteiger partial charge on any atom is -0.496 e. The molecule has 4 rings (SSSR count). The number of benzene rings is 2. The molecule has 1 aromatic heterocycles. The lowest BCUT2D eigenvalue weighted by molar-refractivity contribution is 0.155. The average molecular weight is 445 g/mol. The predicted molar refractivity (Wildman–Crippen MR) is 115 cm³/mol. The SMILES string of the molecule is COc1cc(NC(=O)OCc2ccccc2)c(Cl)cc1-c1nn(C2CCNC2)c(=O)o1. The van der Waals surface area contributed by atoms with Crippen molar-refractivity contribution >= 4 is 23.4 Å². The Hall–Kier alpha value is -3.30. The van der Waals surface area contributed by atoms with Crippen molar-refractivity contribution in [3.8, 4) is 17.2 Å². The summed E-state index contributed by atoms with van der Waals surface area (Å²) < 4.78 is 17.3. The fourth-order valence-corrected chi connectivity index (χ4v) is 3.54. The molecule has 0 spiro atoms. The third-order valence-corrected chi connectivity index (χ3v) is 5.23. The van der Waals surface area contributed by atoms with E-state index in [4.69, 9.17) is 25.5 Å². The van der Waals surface area contributed by atoms with E-state index >= 15 is 0 Å². The molecule has 0 bridgehead atoms. The lowest BCUT2D eigenvalue weighted by Crippen LogP contribution is -2.23. The molecule has 3 aromatic rings. The number of anilines is 1. The second-order valence-electron chi connectivity index (χ2n) is 6.98. The van der Waals surface area contributed by atoms with Crippen LogP contribution in [0.2, 0.25) is 5.02 Å². The number of nitrogens with zero attached hydrogens (tertiary/aromatic N) is 2. The Kier molecular flexibility index (Phi) is 6.24. The number of aromatic nitrogens is 2. The normalized spacial score (nSPS) is 15.6. The van der Waals surface area contributed by atoms with E-state index in [-0.39, 0.29) is 23.6 Å². The molecule has 10 heteroatoms. The van der Waals surface area contributed by atoms with E-state index in [9.17, 15) is 9.59 Å². The first-order chi connectivity index (χ1) is 15.0. The van der Waals surface area contributed by atoms with E-state index in [2.05, 4.69) is 15.7 Å². The summed E-state index contributed by atoms with van der Waals surface area (Å²) in [5.41, 5.74) is 1.55. The number of halogens is 1. The molecule has 1 amide bonds. The molecule has 9 nitrogen and oxygen atoms in total. The average Bonchev–Trinajstić information content (AvgIpc) is 3.44. The van der Waals surface area contributed by atoms with Gasteiger partial charge < -0.3 is 19.2 Å². The number of nitrogens with one attached hydrogen (secondary N) is 2. The van der Waals surface area contributed by atoms with Gasteiger partial charge >= 0.3 is 11.8 Å². The molecule has 1 aliphatic heterocycles. The fourth-order valence-electron chi connectivity index (χ4n) is 3.33. The maximum absolute atomic E-state index is 12.2. The summed E-state index contributed by atoms with van der Waals surface area (Å²) in [6, 6.07) is 12.3. The summed E-state index contributed by atoms with van der Waals surface area (Å²) in [5, 5.41) is 10.3. The highest BCUT2D eigenvalue weighted by molar-refractivity contribution is 6.34. The van der Waals surface area contributed by atoms with Crippen LogP contribution in [-0.4, -0.2) is 36.1 Å². The Morgan fingerprint density at radius 2 is 2.16 bits per heavy atom.